The molecule has 2 aromatic rings. The first-order valence-corrected chi connectivity index (χ1v) is 10.2. The average molecular weight is 391 g/mol. The predicted molar refractivity (Wildman–Crippen MR) is 103 cm³/mol. The van der Waals surface area contributed by atoms with Crippen LogP contribution in [0.1, 0.15) is 71.6 Å². The minimum Gasteiger partial charge on any atom is -0.350 e. The molecule has 0 aromatic carbocycles. The molecule has 146 valence electrons. The summed E-state index contributed by atoms with van der Waals surface area (Å²) in [6.45, 7) is 6.60. The molecular formula is C18H26N6O2S. The van der Waals surface area contributed by atoms with Crippen molar-refractivity contribution in [3.05, 3.63) is 28.0 Å². The van der Waals surface area contributed by atoms with Gasteiger partial charge in [-0.25, -0.2) is 9.67 Å². The van der Waals surface area contributed by atoms with E-state index in [1.807, 2.05) is 20.8 Å². The van der Waals surface area contributed by atoms with E-state index in [9.17, 15) is 9.59 Å². The zero-order valence-electron chi connectivity index (χ0n) is 15.9. The second-order valence-electron chi connectivity index (χ2n) is 7.42. The number of rotatable bonds is 6. The van der Waals surface area contributed by atoms with Crippen molar-refractivity contribution in [1.29, 1.82) is 0 Å². The summed E-state index contributed by atoms with van der Waals surface area (Å²) in [4.78, 5) is 28.5. The number of carbonyl (C=O) groups is 2. The van der Waals surface area contributed by atoms with E-state index < -0.39 is 0 Å². The van der Waals surface area contributed by atoms with E-state index in [0.29, 0.717) is 23.9 Å². The number of thiazole rings is 1. The largest absolute Gasteiger partial charge is 0.350 e. The normalized spacial score (nSPS) is 19.9. The molecule has 1 saturated carbocycles. The van der Waals surface area contributed by atoms with Gasteiger partial charge in [0.25, 0.3) is 11.8 Å². The van der Waals surface area contributed by atoms with Crippen LogP contribution in [0.25, 0.3) is 0 Å². The van der Waals surface area contributed by atoms with E-state index in [1.165, 1.54) is 11.3 Å². The Kier molecular flexibility index (Phi) is 6.20. The molecule has 2 N–H and O–H groups in total. The van der Waals surface area contributed by atoms with Crippen molar-refractivity contribution >= 4 is 23.2 Å². The van der Waals surface area contributed by atoms with Gasteiger partial charge in [0.2, 0.25) is 0 Å². The van der Waals surface area contributed by atoms with E-state index in [0.717, 1.165) is 30.7 Å². The highest BCUT2D eigenvalue weighted by molar-refractivity contribution is 7.09. The number of nitrogens with zero attached hydrogens (tertiary/aromatic N) is 4. The Bertz CT molecular complexity index is 791. The van der Waals surface area contributed by atoms with Crippen molar-refractivity contribution in [3.63, 3.8) is 0 Å². The van der Waals surface area contributed by atoms with Crippen molar-refractivity contribution in [2.45, 2.75) is 58.5 Å². The fraction of sp³-hybridized carbons (Fsp3) is 0.611. The molecule has 0 aliphatic heterocycles. The lowest BCUT2D eigenvalue weighted by Gasteiger charge is -2.28. The van der Waals surface area contributed by atoms with Gasteiger partial charge in [0.05, 0.1) is 17.2 Å². The van der Waals surface area contributed by atoms with Crippen molar-refractivity contribution in [1.82, 2.24) is 30.6 Å². The Hall–Kier alpha value is -2.29. The molecule has 1 aliphatic rings. The molecular weight excluding hydrogens is 364 g/mol. The number of amides is 2. The van der Waals surface area contributed by atoms with Crippen LogP contribution in [0.4, 0.5) is 0 Å². The van der Waals surface area contributed by atoms with Gasteiger partial charge in [0, 0.05) is 18.0 Å². The Balaban J connectivity index is 1.49. The highest BCUT2D eigenvalue weighted by Gasteiger charge is 2.25. The first-order valence-electron chi connectivity index (χ1n) is 9.35. The lowest BCUT2D eigenvalue weighted by molar-refractivity contribution is 0.0914. The molecule has 1 aliphatic carbocycles. The number of hydrogen-bond donors (Lipinski definition) is 2. The Labute approximate surface area is 162 Å². The van der Waals surface area contributed by atoms with Gasteiger partial charge in [-0.2, -0.15) is 0 Å². The summed E-state index contributed by atoms with van der Waals surface area (Å²) in [5.74, 6) is 0.102. The number of carbonyl (C=O) groups excluding carboxylic acids is 2. The molecule has 0 atom stereocenters. The SMILES string of the molecule is Cc1nc(C(=O)NC2CCC(n3cc(C(=O)NCC(C)C)nn3)CC2)cs1. The van der Waals surface area contributed by atoms with Crippen LogP contribution in [0.15, 0.2) is 11.6 Å². The Morgan fingerprint density at radius 2 is 1.96 bits per heavy atom. The van der Waals surface area contributed by atoms with Gasteiger partial charge in [0.15, 0.2) is 5.69 Å². The summed E-state index contributed by atoms with van der Waals surface area (Å²) >= 11 is 1.48. The molecule has 2 aromatic heterocycles. The van der Waals surface area contributed by atoms with Crippen LogP contribution in [-0.4, -0.2) is 44.4 Å². The fourth-order valence-electron chi connectivity index (χ4n) is 3.16. The summed E-state index contributed by atoms with van der Waals surface area (Å²) in [6, 6.07) is 0.354. The number of hydrogen-bond acceptors (Lipinski definition) is 6. The molecule has 1 fully saturated rings. The second-order valence-corrected chi connectivity index (χ2v) is 8.48. The van der Waals surface area contributed by atoms with E-state index in [4.69, 9.17) is 0 Å². The topological polar surface area (TPSA) is 102 Å². The first-order chi connectivity index (χ1) is 12.9. The maximum Gasteiger partial charge on any atom is 0.273 e. The third kappa shape index (κ3) is 5.12. The summed E-state index contributed by atoms with van der Waals surface area (Å²) < 4.78 is 1.78. The van der Waals surface area contributed by atoms with Gasteiger partial charge in [-0.3, -0.25) is 9.59 Å². The molecule has 0 unspecified atom stereocenters. The van der Waals surface area contributed by atoms with Crippen LogP contribution in [0.2, 0.25) is 0 Å². The van der Waals surface area contributed by atoms with Crippen molar-refractivity contribution in [3.8, 4) is 0 Å². The summed E-state index contributed by atoms with van der Waals surface area (Å²) in [5.41, 5.74) is 0.845. The molecule has 3 rings (SSSR count). The van der Waals surface area contributed by atoms with Crippen LogP contribution in [0.3, 0.4) is 0 Å². The molecule has 2 amide bonds. The van der Waals surface area contributed by atoms with Gasteiger partial charge >= 0.3 is 0 Å². The summed E-state index contributed by atoms with van der Waals surface area (Å²) in [7, 11) is 0. The van der Waals surface area contributed by atoms with Gasteiger partial charge in [-0.1, -0.05) is 19.1 Å². The minimum atomic E-state index is -0.186. The zero-order chi connectivity index (χ0) is 19.4. The number of nitrogens with one attached hydrogen (secondary N) is 2. The molecule has 8 nitrogen and oxygen atoms in total. The van der Waals surface area contributed by atoms with Gasteiger partial charge in [0.1, 0.15) is 5.69 Å². The van der Waals surface area contributed by atoms with Gasteiger partial charge < -0.3 is 10.6 Å². The monoisotopic (exact) mass is 390 g/mol. The lowest BCUT2D eigenvalue weighted by atomic mass is 9.91. The van der Waals surface area contributed by atoms with Gasteiger partial charge in [-0.15, -0.1) is 16.4 Å². The quantitative estimate of drug-likeness (QED) is 0.788. The first kappa shape index (κ1) is 19.5. The zero-order valence-corrected chi connectivity index (χ0v) is 16.8. The Morgan fingerprint density at radius 3 is 2.59 bits per heavy atom. The van der Waals surface area contributed by atoms with Crippen LogP contribution >= 0.6 is 11.3 Å². The van der Waals surface area contributed by atoms with Crippen LogP contribution < -0.4 is 10.6 Å². The molecule has 0 radical (unpaired) electrons. The third-order valence-corrected chi connectivity index (χ3v) is 5.44. The summed E-state index contributed by atoms with van der Waals surface area (Å²) in [6.07, 6.45) is 5.23. The van der Waals surface area contributed by atoms with Crippen molar-refractivity contribution in [2.24, 2.45) is 5.92 Å². The maximum absolute atomic E-state index is 12.2. The lowest BCUT2D eigenvalue weighted by Crippen LogP contribution is -2.38. The van der Waals surface area contributed by atoms with Crippen molar-refractivity contribution < 1.29 is 9.59 Å². The third-order valence-electron chi connectivity index (χ3n) is 4.67. The second kappa shape index (κ2) is 8.60. The van der Waals surface area contributed by atoms with E-state index in [-0.39, 0.29) is 23.9 Å². The van der Waals surface area contributed by atoms with Crippen LogP contribution in [0, 0.1) is 12.8 Å². The predicted octanol–water partition coefficient (Wildman–Crippen LogP) is 2.34. The van der Waals surface area contributed by atoms with Crippen molar-refractivity contribution in [2.75, 3.05) is 6.54 Å². The highest BCUT2D eigenvalue weighted by Crippen LogP contribution is 2.28. The molecule has 9 heteroatoms. The smallest absolute Gasteiger partial charge is 0.273 e. The summed E-state index contributed by atoms with van der Waals surface area (Å²) in [5, 5.41) is 16.7. The van der Waals surface area contributed by atoms with Crippen LogP contribution in [0.5, 0.6) is 0 Å². The molecule has 27 heavy (non-hydrogen) atoms. The molecule has 0 spiro atoms. The van der Waals surface area contributed by atoms with E-state index in [1.54, 1.807) is 16.3 Å². The maximum atomic E-state index is 12.2. The fourth-order valence-corrected chi connectivity index (χ4v) is 3.75. The van der Waals surface area contributed by atoms with E-state index >= 15 is 0 Å². The highest BCUT2D eigenvalue weighted by atomic mass is 32.1. The number of aryl methyl sites for hydroxylation is 1. The molecule has 0 saturated heterocycles. The van der Waals surface area contributed by atoms with Crippen LogP contribution in [-0.2, 0) is 0 Å². The molecule has 2 heterocycles. The van der Waals surface area contributed by atoms with Gasteiger partial charge in [-0.05, 0) is 38.5 Å². The Morgan fingerprint density at radius 1 is 1.22 bits per heavy atom. The minimum absolute atomic E-state index is 0.104. The molecule has 0 bridgehead atoms. The number of aromatic nitrogens is 4. The standard InChI is InChI=1S/C18H26N6O2S/c1-11(2)8-19-17(25)15-9-24(23-22-15)14-6-4-13(5-7-14)21-18(26)16-10-27-12(3)20-16/h9-11,13-14H,4-8H2,1-3H3,(H,19,25)(H,21,26). The average Bonchev–Trinajstić information content (AvgIpc) is 3.29. The van der Waals surface area contributed by atoms with E-state index in [2.05, 4.69) is 25.9 Å².